The molecule has 1 amide bonds. The van der Waals surface area contributed by atoms with E-state index in [0.29, 0.717) is 11.6 Å². The smallest absolute Gasteiger partial charge is 0.294 e. The third kappa shape index (κ3) is 3.87. The lowest BCUT2D eigenvalue weighted by Crippen LogP contribution is -2.44. The summed E-state index contributed by atoms with van der Waals surface area (Å²) < 4.78 is 6.82. The molecule has 122 valence electrons. The topological polar surface area (TPSA) is 59.0 Å². The third-order valence-electron chi connectivity index (χ3n) is 3.88. The molecule has 0 fully saturated rings. The second-order valence-corrected chi connectivity index (χ2v) is 5.80. The predicted octanol–water partition coefficient (Wildman–Crippen LogP) is 3.06. The van der Waals surface area contributed by atoms with E-state index >= 15 is 0 Å². The predicted molar refractivity (Wildman–Crippen MR) is 90.5 cm³/mol. The van der Waals surface area contributed by atoms with E-state index in [-0.39, 0.29) is 11.9 Å². The Kier molecular flexibility index (Phi) is 4.70. The van der Waals surface area contributed by atoms with Crippen LogP contribution < -0.4 is 9.88 Å². The van der Waals surface area contributed by atoms with Crippen LogP contribution in [0.25, 0.3) is 0 Å². The summed E-state index contributed by atoms with van der Waals surface area (Å²) in [5, 5.41) is 6.53. The molecule has 0 aliphatic carbocycles. The highest BCUT2D eigenvalue weighted by Gasteiger charge is 2.22. The number of benzene rings is 1. The number of carbonyl (C=O) groups excluding carboxylic acids is 1. The Balaban J connectivity index is 1.65. The monoisotopic (exact) mass is 322 g/mol. The van der Waals surface area contributed by atoms with Crippen molar-refractivity contribution in [3.63, 3.8) is 0 Å². The summed E-state index contributed by atoms with van der Waals surface area (Å²) in [6, 6.07) is 15.7. The van der Waals surface area contributed by atoms with E-state index in [4.69, 9.17) is 4.52 Å². The van der Waals surface area contributed by atoms with Crippen molar-refractivity contribution in [1.29, 1.82) is 0 Å². The minimum absolute atomic E-state index is 0.135. The van der Waals surface area contributed by atoms with Gasteiger partial charge in [0.05, 0.1) is 0 Å². The Bertz CT molecular complexity index is 810. The molecule has 0 unspecified atom stereocenters. The van der Waals surface area contributed by atoms with Crippen molar-refractivity contribution < 1.29 is 13.9 Å². The number of aryl methyl sites for hydroxylation is 1. The molecule has 0 radical (unpaired) electrons. The second-order valence-electron chi connectivity index (χ2n) is 5.80. The third-order valence-corrected chi connectivity index (χ3v) is 3.88. The first-order valence-corrected chi connectivity index (χ1v) is 7.89. The maximum absolute atomic E-state index is 12.3. The number of nitrogens with one attached hydrogen (secondary N) is 1. The molecule has 0 saturated heterocycles. The van der Waals surface area contributed by atoms with Crippen LogP contribution >= 0.6 is 0 Å². The minimum Gasteiger partial charge on any atom is -0.360 e. The van der Waals surface area contributed by atoms with Crippen LogP contribution in [0.1, 0.15) is 29.9 Å². The molecule has 2 heterocycles. The summed E-state index contributed by atoms with van der Waals surface area (Å²) in [4.78, 5) is 12.3. The summed E-state index contributed by atoms with van der Waals surface area (Å²) in [7, 11) is 0. The molecule has 1 atom stereocenters. The van der Waals surface area contributed by atoms with Crippen LogP contribution in [0.4, 0.5) is 5.82 Å². The van der Waals surface area contributed by atoms with Gasteiger partial charge in [-0.2, -0.15) is 4.57 Å². The van der Waals surface area contributed by atoms with Crippen LogP contribution in [0.3, 0.4) is 0 Å². The van der Waals surface area contributed by atoms with Gasteiger partial charge < -0.3 is 9.84 Å². The first kappa shape index (κ1) is 15.9. The average molecular weight is 322 g/mol. The van der Waals surface area contributed by atoms with Gasteiger partial charge in [0.15, 0.2) is 18.2 Å². The largest absolute Gasteiger partial charge is 0.360 e. The second kappa shape index (κ2) is 7.08. The lowest BCUT2D eigenvalue weighted by atomic mass is 10.1. The van der Waals surface area contributed by atoms with Crippen molar-refractivity contribution >= 4 is 11.7 Å². The van der Waals surface area contributed by atoms with E-state index in [2.05, 4.69) is 22.6 Å². The van der Waals surface area contributed by atoms with Crippen LogP contribution in [-0.2, 0) is 11.2 Å². The molecule has 0 spiro atoms. The van der Waals surface area contributed by atoms with E-state index in [1.165, 1.54) is 11.1 Å². The molecule has 1 aromatic carbocycles. The fourth-order valence-corrected chi connectivity index (χ4v) is 2.47. The van der Waals surface area contributed by atoms with Gasteiger partial charge in [-0.15, -0.1) is 0 Å². The van der Waals surface area contributed by atoms with Crippen molar-refractivity contribution in [2.75, 3.05) is 5.32 Å². The van der Waals surface area contributed by atoms with Gasteiger partial charge in [0.2, 0.25) is 6.04 Å². The van der Waals surface area contributed by atoms with Crippen molar-refractivity contribution in [1.82, 2.24) is 5.16 Å². The fraction of sp³-hybridized carbons (Fsp3) is 0.211. The van der Waals surface area contributed by atoms with Crippen molar-refractivity contribution in [2.45, 2.75) is 26.3 Å². The summed E-state index contributed by atoms with van der Waals surface area (Å²) in [5.41, 5.74) is 2.47. The standard InChI is InChI=1S/C19H19N3O2/c1-14-12-18(21-24-14)20-19(23)15(2)22-10-8-17(9-11-22)13-16-6-4-3-5-7-16/h3-12,15H,13H2,1-2H3/p+1/t15-/m0/s1. The molecular formula is C19H20N3O2+. The maximum Gasteiger partial charge on any atom is 0.294 e. The number of carbonyl (C=O) groups is 1. The number of amides is 1. The molecule has 2 aromatic heterocycles. The summed E-state index contributed by atoms with van der Waals surface area (Å²) >= 11 is 0. The zero-order valence-corrected chi connectivity index (χ0v) is 13.8. The Morgan fingerprint density at radius 2 is 1.83 bits per heavy atom. The van der Waals surface area contributed by atoms with Gasteiger partial charge in [-0.25, -0.2) is 0 Å². The van der Waals surface area contributed by atoms with E-state index in [1.807, 2.05) is 54.2 Å². The normalized spacial score (nSPS) is 11.9. The summed E-state index contributed by atoms with van der Waals surface area (Å²) in [6.45, 7) is 3.63. The van der Waals surface area contributed by atoms with Gasteiger partial charge >= 0.3 is 0 Å². The van der Waals surface area contributed by atoms with Crippen molar-refractivity contribution in [2.24, 2.45) is 0 Å². The van der Waals surface area contributed by atoms with E-state index in [1.54, 1.807) is 13.0 Å². The van der Waals surface area contributed by atoms with Gasteiger partial charge in [-0.05, 0) is 24.5 Å². The summed E-state index contributed by atoms with van der Waals surface area (Å²) in [5.74, 6) is 0.964. The number of aromatic nitrogens is 2. The number of hydrogen-bond donors (Lipinski definition) is 1. The lowest BCUT2D eigenvalue weighted by molar-refractivity contribution is -0.705. The minimum atomic E-state index is -0.340. The number of rotatable bonds is 5. The lowest BCUT2D eigenvalue weighted by Gasteiger charge is -2.07. The van der Waals surface area contributed by atoms with Crippen LogP contribution in [-0.4, -0.2) is 11.1 Å². The van der Waals surface area contributed by atoms with Gasteiger partial charge in [-0.3, -0.25) is 4.79 Å². The summed E-state index contributed by atoms with van der Waals surface area (Å²) in [6.07, 6.45) is 4.73. The molecular weight excluding hydrogens is 302 g/mol. The molecule has 5 heteroatoms. The Hall–Kier alpha value is -2.95. The van der Waals surface area contributed by atoms with Gasteiger partial charge in [0.1, 0.15) is 5.76 Å². The first-order valence-electron chi connectivity index (χ1n) is 7.89. The number of nitrogens with zero attached hydrogens (tertiary/aromatic N) is 2. The van der Waals surface area contributed by atoms with Gasteiger partial charge in [0.25, 0.3) is 5.91 Å². The molecule has 0 aliphatic heterocycles. The van der Waals surface area contributed by atoms with Crippen LogP contribution in [0.15, 0.2) is 65.4 Å². The fourth-order valence-electron chi connectivity index (χ4n) is 2.47. The van der Waals surface area contributed by atoms with E-state index < -0.39 is 0 Å². The zero-order chi connectivity index (χ0) is 16.9. The van der Waals surface area contributed by atoms with Gasteiger partial charge in [0, 0.05) is 25.1 Å². The number of anilines is 1. The average Bonchev–Trinajstić information content (AvgIpc) is 3.00. The highest BCUT2D eigenvalue weighted by atomic mass is 16.5. The molecule has 24 heavy (non-hydrogen) atoms. The molecule has 0 bridgehead atoms. The SMILES string of the molecule is Cc1cc(NC(=O)[C@H](C)[n+]2ccc(Cc3ccccc3)cc2)no1. The molecule has 1 N–H and O–H groups in total. The molecule has 3 aromatic rings. The number of hydrogen-bond acceptors (Lipinski definition) is 3. The van der Waals surface area contributed by atoms with Crippen molar-refractivity contribution in [3.8, 4) is 0 Å². The van der Waals surface area contributed by atoms with E-state index in [0.717, 1.165) is 6.42 Å². The molecule has 3 rings (SSSR count). The van der Waals surface area contributed by atoms with Gasteiger partial charge in [-0.1, -0.05) is 35.5 Å². The molecule has 5 nitrogen and oxygen atoms in total. The van der Waals surface area contributed by atoms with Crippen LogP contribution in [0.2, 0.25) is 0 Å². The maximum atomic E-state index is 12.3. The van der Waals surface area contributed by atoms with Crippen LogP contribution in [0.5, 0.6) is 0 Å². The molecule has 0 saturated carbocycles. The van der Waals surface area contributed by atoms with E-state index in [9.17, 15) is 4.79 Å². The quantitative estimate of drug-likeness (QED) is 0.735. The Morgan fingerprint density at radius 1 is 1.17 bits per heavy atom. The number of pyridine rings is 1. The first-order chi connectivity index (χ1) is 11.6. The highest BCUT2D eigenvalue weighted by Crippen LogP contribution is 2.10. The highest BCUT2D eigenvalue weighted by molar-refractivity contribution is 5.91. The van der Waals surface area contributed by atoms with Crippen LogP contribution in [0, 0.1) is 6.92 Å². The Labute approximate surface area is 140 Å². The zero-order valence-electron chi connectivity index (χ0n) is 13.8. The molecule has 0 aliphatic rings. The Morgan fingerprint density at radius 3 is 2.46 bits per heavy atom. The van der Waals surface area contributed by atoms with Crippen molar-refractivity contribution in [3.05, 3.63) is 77.8 Å².